The Hall–Kier alpha value is -0.480. The standard InChI is InChI=1S/C13H18BrNOS/c1-10(6-7-17-3)15(2)12-5-4-11(9-16)13(14)8-12/h4-5,8-10H,6-7H2,1-3H3. The molecule has 94 valence electrons. The van der Waals surface area contributed by atoms with Gasteiger partial charge in [0.05, 0.1) is 0 Å². The lowest BCUT2D eigenvalue weighted by molar-refractivity contribution is 0.112. The molecule has 0 saturated heterocycles. The number of aldehydes is 1. The summed E-state index contributed by atoms with van der Waals surface area (Å²) < 4.78 is 0.855. The first-order valence-electron chi connectivity index (χ1n) is 5.56. The van der Waals surface area contributed by atoms with Crippen molar-refractivity contribution in [1.29, 1.82) is 0 Å². The van der Waals surface area contributed by atoms with Crippen LogP contribution in [0.2, 0.25) is 0 Å². The summed E-state index contributed by atoms with van der Waals surface area (Å²) in [4.78, 5) is 13.0. The van der Waals surface area contributed by atoms with E-state index in [1.807, 2.05) is 30.0 Å². The van der Waals surface area contributed by atoms with Crippen LogP contribution < -0.4 is 4.90 Å². The van der Waals surface area contributed by atoms with Crippen LogP contribution in [-0.2, 0) is 0 Å². The van der Waals surface area contributed by atoms with Crippen molar-refractivity contribution in [2.45, 2.75) is 19.4 Å². The zero-order valence-electron chi connectivity index (χ0n) is 10.4. The normalized spacial score (nSPS) is 12.2. The lowest BCUT2D eigenvalue weighted by atomic mass is 10.1. The molecule has 0 aliphatic carbocycles. The van der Waals surface area contributed by atoms with Gasteiger partial charge in [-0.15, -0.1) is 0 Å². The van der Waals surface area contributed by atoms with Gasteiger partial charge in [-0.05, 0) is 59.5 Å². The van der Waals surface area contributed by atoms with Gasteiger partial charge in [-0.1, -0.05) is 0 Å². The predicted octanol–water partition coefficient (Wildman–Crippen LogP) is 3.84. The summed E-state index contributed by atoms with van der Waals surface area (Å²) in [5.74, 6) is 1.17. The zero-order chi connectivity index (χ0) is 12.8. The van der Waals surface area contributed by atoms with Crippen LogP contribution in [0.15, 0.2) is 22.7 Å². The van der Waals surface area contributed by atoms with Crippen LogP contribution in [0.5, 0.6) is 0 Å². The Bertz CT molecular complexity index is 384. The molecule has 1 aromatic rings. The lowest BCUT2D eigenvalue weighted by Gasteiger charge is -2.27. The van der Waals surface area contributed by atoms with Crippen LogP contribution in [0.25, 0.3) is 0 Å². The summed E-state index contributed by atoms with van der Waals surface area (Å²) >= 11 is 5.28. The summed E-state index contributed by atoms with van der Waals surface area (Å²) in [6.07, 6.45) is 4.15. The maximum absolute atomic E-state index is 10.7. The highest BCUT2D eigenvalue weighted by atomic mass is 79.9. The van der Waals surface area contributed by atoms with Gasteiger partial charge in [-0.2, -0.15) is 11.8 Å². The van der Waals surface area contributed by atoms with E-state index in [4.69, 9.17) is 0 Å². The van der Waals surface area contributed by atoms with E-state index in [2.05, 4.69) is 41.1 Å². The van der Waals surface area contributed by atoms with E-state index >= 15 is 0 Å². The Kier molecular flexibility index (Phi) is 6.06. The number of anilines is 1. The first kappa shape index (κ1) is 14.6. The van der Waals surface area contributed by atoms with Gasteiger partial charge in [0.25, 0.3) is 0 Å². The van der Waals surface area contributed by atoms with Crippen molar-refractivity contribution < 1.29 is 4.79 Å². The highest BCUT2D eigenvalue weighted by molar-refractivity contribution is 9.10. The van der Waals surface area contributed by atoms with Crippen molar-refractivity contribution in [2.24, 2.45) is 0 Å². The van der Waals surface area contributed by atoms with Crippen molar-refractivity contribution in [3.63, 3.8) is 0 Å². The number of halogens is 1. The number of carbonyl (C=O) groups is 1. The van der Waals surface area contributed by atoms with E-state index in [9.17, 15) is 4.79 Å². The number of carbonyl (C=O) groups excluding carboxylic acids is 1. The fourth-order valence-electron chi connectivity index (χ4n) is 1.57. The molecule has 1 rings (SSSR count). The van der Waals surface area contributed by atoms with Gasteiger partial charge in [0.15, 0.2) is 6.29 Å². The minimum absolute atomic E-state index is 0.497. The lowest BCUT2D eigenvalue weighted by Crippen LogP contribution is -2.29. The molecule has 0 fully saturated rings. The molecule has 0 spiro atoms. The SMILES string of the molecule is CSCCC(C)N(C)c1ccc(C=O)c(Br)c1. The van der Waals surface area contributed by atoms with Crippen LogP contribution in [-0.4, -0.2) is 31.4 Å². The minimum atomic E-state index is 0.497. The molecular formula is C13H18BrNOS. The van der Waals surface area contributed by atoms with Gasteiger partial charge >= 0.3 is 0 Å². The molecule has 0 N–H and O–H groups in total. The fraction of sp³-hybridized carbons (Fsp3) is 0.462. The second-order valence-corrected chi connectivity index (χ2v) is 5.91. The van der Waals surface area contributed by atoms with E-state index in [1.54, 1.807) is 0 Å². The number of hydrogen-bond donors (Lipinski definition) is 0. The average molecular weight is 316 g/mol. The Balaban J connectivity index is 2.78. The number of rotatable bonds is 6. The minimum Gasteiger partial charge on any atom is -0.372 e. The van der Waals surface area contributed by atoms with Gasteiger partial charge in [0.2, 0.25) is 0 Å². The zero-order valence-corrected chi connectivity index (χ0v) is 12.8. The van der Waals surface area contributed by atoms with Crippen LogP contribution in [0.3, 0.4) is 0 Å². The molecule has 1 unspecified atom stereocenters. The molecule has 0 aliphatic rings. The summed E-state index contributed by atoms with van der Waals surface area (Å²) in [5.41, 5.74) is 1.83. The second-order valence-electron chi connectivity index (χ2n) is 4.07. The number of benzene rings is 1. The predicted molar refractivity (Wildman–Crippen MR) is 80.4 cm³/mol. The quantitative estimate of drug-likeness (QED) is 0.744. The third-order valence-corrected chi connectivity index (χ3v) is 4.25. The van der Waals surface area contributed by atoms with E-state index in [0.717, 1.165) is 22.9 Å². The molecule has 0 saturated carbocycles. The van der Waals surface area contributed by atoms with E-state index in [1.165, 1.54) is 5.75 Å². The molecule has 0 radical (unpaired) electrons. The number of nitrogens with zero attached hydrogens (tertiary/aromatic N) is 1. The fourth-order valence-corrected chi connectivity index (χ4v) is 2.60. The number of thioether (sulfide) groups is 1. The van der Waals surface area contributed by atoms with E-state index in [0.29, 0.717) is 11.6 Å². The summed E-state index contributed by atoms with van der Waals surface area (Å²) in [6.45, 7) is 2.22. The summed E-state index contributed by atoms with van der Waals surface area (Å²) in [7, 11) is 2.09. The van der Waals surface area contributed by atoms with Gasteiger partial charge < -0.3 is 4.90 Å². The Morgan fingerprint density at radius 3 is 2.76 bits per heavy atom. The third kappa shape index (κ3) is 4.03. The maximum atomic E-state index is 10.7. The largest absolute Gasteiger partial charge is 0.372 e. The van der Waals surface area contributed by atoms with Crippen molar-refractivity contribution in [3.8, 4) is 0 Å². The molecule has 0 aliphatic heterocycles. The molecular weight excluding hydrogens is 298 g/mol. The summed E-state index contributed by atoms with van der Waals surface area (Å²) in [6, 6.07) is 6.34. The third-order valence-electron chi connectivity index (χ3n) is 2.92. The Labute approximate surface area is 116 Å². The van der Waals surface area contributed by atoms with Crippen LogP contribution in [0, 0.1) is 0 Å². The Morgan fingerprint density at radius 1 is 1.53 bits per heavy atom. The highest BCUT2D eigenvalue weighted by Gasteiger charge is 2.10. The van der Waals surface area contributed by atoms with E-state index in [-0.39, 0.29) is 0 Å². The van der Waals surface area contributed by atoms with Gasteiger partial charge in [0, 0.05) is 28.8 Å². The average Bonchev–Trinajstić information content (AvgIpc) is 2.34. The monoisotopic (exact) mass is 315 g/mol. The molecule has 0 aromatic heterocycles. The molecule has 1 atom stereocenters. The van der Waals surface area contributed by atoms with Gasteiger partial charge in [-0.25, -0.2) is 0 Å². The van der Waals surface area contributed by atoms with Crippen molar-refractivity contribution in [1.82, 2.24) is 0 Å². The molecule has 1 aromatic carbocycles. The molecule has 0 amide bonds. The van der Waals surface area contributed by atoms with Gasteiger partial charge in [0.1, 0.15) is 0 Å². The molecule has 4 heteroatoms. The first-order valence-corrected chi connectivity index (χ1v) is 7.75. The van der Waals surface area contributed by atoms with Crippen molar-refractivity contribution >= 4 is 39.7 Å². The molecule has 0 bridgehead atoms. The van der Waals surface area contributed by atoms with Crippen LogP contribution >= 0.6 is 27.7 Å². The van der Waals surface area contributed by atoms with Crippen molar-refractivity contribution in [3.05, 3.63) is 28.2 Å². The highest BCUT2D eigenvalue weighted by Crippen LogP contribution is 2.24. The van der Waals surface area contributed by atoms with Crippen LogP contribution in [0.4, 0.5) is 5.69 Å². The number of hydrogen-bond acceptors (Lipinski definition) is 3. The smallest absolute Gasteiger partial charge is 0.151 e. The Morgan fingerprint density at radius 2 is 2.24 bits per heavy atom. The molecule has 2 nitrogen and oxygen atoms in total. The second kappa shape index (κ2) is 7.07. The molecule has 17 heavy (non-hydrogen) atoms. The maximum Gasteiger partial charge on any atom is 0.151 e. The van der Waals surface area contributed by atoms with Crippen LogP contribution in [0.1, 0.15) is 23.7 Å². The molecule has 0 heterocycles. The van der Waals surface area contributed by atoms with E-state index < -0.39 is 0 Å². The van der Waals surface area contributed by atoms with Crippen molar-refractivity contribution in [2.75, 3.05) is 24.0 Å². The summed E-state index contributed by atoms with van der Waals surface area (Å²) in [5, 5.41) is 0. The topological polar surface area (TPSA) is 20.3 Å². The first-order chi connectivity index (χ1) is 8.10. The van der Waals surface area contributed by atoms with Gasteiger partial charge in [-0.3, -0.25) is 4.79 Å².